The lowest BCUT2D eigenvalue weighted by Gasteiger charge is -2.37. The van der Waals surface area contributed by atoms with Gasteiger partial charge in [-0.3, -0.25) is 9.59 Å². The molecule has 6 rings (SSSR count). The number of amides is 2. The van der Waals surface area contributed by atoms with Crippen molar-refractivity contribution < 1.29 is 14.7 Å². The van der Waals surface area contributed by atoms with E-state index in [-0.39, 0.29) is 18.2 Å². The highest BCUT2D eigenvalue weighted by atomic mass is 16.3. The zero-order valence-electron chi connectivity index (χ0n) is 23.0. The van der Waals surface area contributed by atoms with Gasteiger partial charge in [0.25, 0.3) is 0 Å². The Morgan fingerprint density at radius 1 is 0.974 bits per heavy atom. The van der Waals surface area contributed by atoms with Crippen LogP contribution < -0.4 is 10.6 Å². The van der Waals surface area contributed by atoms with Crippen LogP contribution >= 0.6 is 0 Å². The number of hydrogen-bond donors (Lipinski definition) is 4. The van der Waals surface area contributed by atoms with Gasteiger partial charge in [0.1, 0.15) is 23.9 Å². The van der Waals surface area contributed by atoms with Crippen molar-refractivity contribution in [3.8, 4) is 0 Å². The van der Waals surface area contributed by atoms with E-state index in [1.165, 1.54) is 16.7 Å². The van der Waals surface area contributed by atoms with Gasteiger partial charge in [0.05, 0.1) is 0 Å². The van der Waals surface area contributed by atoms with Crippen LogP contribution in [0.3, 0.4) is 0 Å². The van der Waals surface area contributed by atoms with Crippen molar-refractivity contribution in [2.45, 2.75) is 77.2 Å². The summed E-state index contributed by atoms with van der Waals surface area (Å²) in [6.07, 6.45) is 7.74. The number of allylic oxidation sites excluding steroid dienone is 4. The zero-order valence-corrected chi connectivity index (χ0v) is 23.0. The zero-order chi connectivity index (χ0) is 27.5. The van der Waals surface area contributed by atoms with Gasteiger partial charge in [0, 0.05) is 41.2 Å². The van der Waals surface area contributed by atoms with Crippen LogP contribution in [-0.4, -0.2) is 45.1 Å². The molecule has 2 fully saturated rings. The summed E-state index contributed by atoms with van der Waals surface area (Å²) in [5.41, 5.74) is 7.12. The maximum Gasteiger partial charge on any atom is 0.247 e. The molecule has 0 saturated carbocycles. The summed E-state index contributed by atoms with van der Waals surface area (Å²) < 4.78 is 0. The van der Waals surface area contributed by atoms with Gasteiger partial charge in [0.2, 0.25) is 11.8 Å². The first-order valence-electron chi connectivity index (χ1n) is 13.8. The number of aromatic nitrogens is 1. The van der Waals surface area contributed by atoms with Crippen LogP contribution in [0.1, 0.15) is 56.4 Å². The standard InChI is InChI=1S/C32H36N4O3/c1-18(2)11-13-20-7-5-9-23-22(17-33-27(20)23)15-25-30(38)36-26(29(37)34-25)16-32(39)24-10-6-8-21(14-12-19(3)4)28(24)35-31(32)36/h5-12,17,25-26,31,33,35,39H,13-16H2,1-4H3,(H,34,37). The predicted molar refractivity (Wildman–Crippen MR) is 153 cm³/mol. The Morgan fingerprint density at radius 2 is 1.67 bits per heavy atom. The van der Waals surface area contributed by atoms with Crippen molar-refractivity contribution in [1.82, 2.24) is 15.2 Å². The van der Waals surface area contributed by atoms with Crippen LogP contribution in [0.4, 0.5) is 5.69 Å². The van der Waals surface area contributed by atoms with Crippen molar-refractivity contribution in [3.05, 3.63) is 88.1 Å². The molecule has 4 atom stereocenters. The molecule has 1 aromatic heterocycles. The predicted octanol–water partition coefficient (Wildman–Crippen LogP) is 4.47. The number of aromatic amines is 1. The van der Waals surface area contributed by atoms with Crippen LogP contribution in [0.5, 0.6) is 0 Å². The summed E-state index contributed by atoms with van der Waals surface area (Å²) >= 11 is 0. The topological polar surface area (TPSA) is 97.5 Å². The van der Waals surface area contributed by atoms with Crippen LogP contribution in [-0.2, 0) is 34.5 Å². The molecule has 2 amide bonds. The Balaban J connectivity index is 1.28. The molecule has 2 saturated heterocycles. The molecule has 7 nitrogen and oxygen atoms in total. The molecule has 0 spiro atoms. The van der Waals surface area contributed by atoms with Crippen LogP contribution in [0.2, 0.25) is 0 Å². The van der Waals surface area contributed by atoms with Crippen LogP contribution in [0.25, 0.3) is 10.9 Å². The number of rotatable bonds is 6. The number of carbonyl (C=O) groups excluding carboxylic acids is 2. The second kappa shape index (κ2) is 9.42. The first-order valence-corrected chi connectivity index (χ1v) is 13.8. The lowest BCUT2D eigenvalue weighted by Crippen LogP contribution is -2.64. The molecule has 3 aromatic rings. The van der Waals surface area contributed by atoms with E-state index >= 15 is 0 Å². The lowest BCUT2D eigenvalue weighted by molar-refractivity contribution is -0.149. The fraction of sp³-hybridized carbons (Fsp3) is 0.375. The fourth-order valence-electron chi connectivity index (χ4n) is 6.41. The highest BCUT2D eigenvalue weighted by molar-refractivity contribution is 5.99. The molecule has 0 bridgehead atoms. The van der Waals surface area contributed by atoms with E-state index in [2.05, 4.69) is 67.6 Å². The van der Waals surface area contributed by atoms with Crippen molar-refractivity contribution >= 4 is 28.4 Å². The van der Waals surface area contributed by atoms with Gasteiger partial charge in [-0.2, -0.15) is 0 Å². The molecule has 202 valence electrons. The Labute approximate surface area is 229 Å². The third-order valence-corrected chi connectivity index (χ3v) is 8.41. The van der Waals surface area contributed by atoms with E-state index in [0.717, 1.165) is 46.1 Å². The Bertz CT molecular complexity index is 1540. The monoisotopic (exact) mass is 524 g/mol. The van der Waals surface area contributed by atoms with Gasteiger partial charge < -0.3 is 25.6 Å². The van der Waals surface area contributed by atoms with Gasteiger partial charge in [-0.15, -0.1) is 0 Å². The largest absolute Gasteiger partial charge is 0.381 e. The maximum absolute atomic E-state index is 13.9. The second-order valence-corrected chi connectivity index (χ2v) is 11.7. The van der Waals surface area contributed by atoms with Gasteiger partial charge in [-0.25, -0.2) is 0 Å². The molecule has 39 heavy (non-hydrogen) atoms. The van der Waals surface area contributed by atoms with Gasteiger partial charge in [0.15, 0.2) is 0 Å². The molecule has 4 N–H and O–H groups in total. The lowest BCUT2D eigenvalue weighted by atomic mass is 9.89. The van der Waals surface area contributed by atoms with Gasteiger partial charge in [-0.1, -0.05) is 59.7 Å². The van der Waals surface area contributed by atoms with Crippen molar-refractivity contribution in [3.63, 3.8) is 0 Å². The number of H-pyrrole nitrogens is 1. The summed E-state index contributed by atoms with van der Waals surface area (Å²) in [6, 6.07) is 10.7. The molecule has 7 heteroatoms. The minimum atomic E-state index is -1.32. The third kappa shape index (κ3) is 4.16. The molecule has 4 unspecified atom stereocenters. The number of para-hydroxylation sites is 2. The molecular formula is C32H36N4O3. The van der Waals surface area contributed by atoms with Crippen molar-refractivity contribution in [2.75, 3.05) is 5.32 Å². The third-order valence-electron chi connectivity index (χ3n) is 8.41. The van der Waals surface area contributed by atoms with Crippen LogP contribution in [0, 0.1) is 0 Å². The highest BCUT2D eigenvalue weighted by Gasteiger charge is 2.62. The van der Waals surface area contributed by atoms with E-state index in [1.54, 1.807) is 4.90 Å². The summed E-state index contributed by atoms with van der Waals surface area (Å²) in [6.45, 7) is 8.30. The Hall–Kier alpha value is -3.84. The molecule has 2 aromatic carbocycles. The number of fused-ring (bicyclic) bond motifs is 6. The van der Waals surface area contributed by atoms with E-state index in [4.69, 9.17) is 0 Å². The minimum absolute atomic E-state index is 0.165. The number of aliphatic hydroxyl groups is 1. The first kappa shape index (κ1) is 25.4. The average Bonchev–Trinajstić information content (AvgIpc) is 3.53. The number of carbonyl (C=O) groups is 2. The van der Waals surface area contributed by atoms with E-state index in [0.29, 0.717) is 6.42 Å². The number of hydrogen-bond acceptors (Lipinski definition) is 4. The molecule has 0 radical (unpaired) electrons. The Kier molecular flexibility index (Phi) is 6.14. The molecular weight excluding hydrogens is 488 g/mol. The fourth-order valence-corrected chi connectivity index (χ4v) is 6.41. The van der Waals surface area contributed by atoms with E-state index in [9.17, 15) is 14.7 Å². The maximum atomic E-state index is 13.9. The number of benzene rings is 2. The molecule has 0 aliphatic carbocycles. The van der Waals surface area contributed by atoms with Crippen molar-refractivity contribution in [2.24, 2.45) is 0 Å². The Morgan fingerprint density at radius 3 is 2.41 bits per heavy atom. The highest BCUT2D eigenvalue weighted by Crippen LogP contribution is 2.51. The normalized spacial score (nSPS) is 25.1. The smallest absolute Gasteiger partial charge is 0.247 e. The SMILES string of the molecule is CC(C)=CCc1cccc2c1NC1N3C(=O)C(Cc4c[nH]c5c(CC=C(C)C)cccc45)NC(=O)C3CC21O. The summed E-state index contributed by atoms with van der Waals surface area (Å²) in [4.78, 5) is 32.2. The number of nitrogens with zero attached hydrogens (tertiary/aromatic N) is 1. The number of anilines is 1. The van der Waals surface area contributed by atoms with E-state index in [1.807, 2.05) is 30.5 Å². The number of piperazine rings is 1. The van der Waals surface area contributed by atoms with Crippen molar-refractivity contribution in [1.29, 1.82) is 0 Å². The van der Waals surface area contributed by atoms with E-state index < -0.39 is 23.9 Å². The average molecular weight is 525 g/mol. The summed E-state index contributed by atoms with van der Waals surface area (Å²) in [5.74, 6) is -0.378. The quantitative estimate of drug-likeness (QED) is 0.358. The minimum Gasteiger partial charge on any atom is -0.381 e. The second-order valence-electron chi connectivity index (χ2n) is 11.7. The number of nitrogens with one attached hydrogen (secondary N) is 3. The summed E-state index contributed by atoms with van der Waals surface area (Å²) in [5, 5.41) is 19.4. The van der Waals surface area contributed by atoms with Gasteiger partial charge >= 0.3 is 0 Å². The molecule has 4 heterocycles. The van der Waals surface area contributed by atoms with Gasteiger partial charge in [-0.05, 0) is 57.2 Å². The summed E-state index contributed by atoms with van der Waals surface area (Å²) in [7, 11) is 0. The van der Waals surface area contributed by atoms with Crippen LogP contribution in [0.15, 0.2) is 65.9 Å². The molecule has 3 aliphatic rings. The molecule has 3 aliphatic heterocycles. The first-order chi connectivity index (χ1) is 18.7.